The zero-order valence-corrected chi connectivity index (χ0v) is 22.8. The normalized spacial score (nSPS) is 19.1. The highest BCUT2D eigenvalue weighted by atomic mass is 35.5. The molecule has 1 N–H and O–H groups in total. The Bertz CT molecular complexity index is 1460. The molecule has 2 aliphatic carbocycles. The third kappa shape index (κ3) is 5.27. The first-order valence-corrected chi connectivity index (χ1v) is 14.2. The molecule has 1 aromatic heterocycles. The van der Waals surface area contributed by atoms with Crippen LogP contribution in [0.3, 0.4) is 0 Å². The van der Waals surface area contributed by atoms with Gasteiger partial charge in [-0.15, -0.1) is 0 Å². The highest BCUT2D eigenvalue weighted by Gasteiger charge is 2.33. The summed E-state index contributed by atoms with van der Waals surface area (Å²) in [5.74, 6) is 0.250. The van der Waals surface area contributed by atoms with Gasteiger partial charge in [0.05, 0.1) is 16.2 Å². The Hall–Kier alpha value is -3.38. The van der Waals surface area contributed by atoms with Crippen molar-refractivity contribution in [2.24, 2.45) is 5.92 Å². The van der Waals surface area contributed by atoms with Crippen LogP contribution in [0.25, 0.3) is 16.8 Å². The number of carboxylic acid groups (broad SMARTS) is 1. The molecule has 202 valence electrons. The number of aromatic nitrogens is 1. The van der Waals surface area contributed by atoms with E-state index in [1.165, 1.54) is 11.6 Å². The number of rotatable bonds is 7. The van der Waals surface area contributed by atoms with Crippen LogP contribution in [0.1, 0.15) is 67.4 Å². The van der Waals surface area contributed by atoms with E-state index in [-0.39, 0.29) is 11.7 Å². The van der Waals surface area contributed by atoms with E-state index >= 15 is 0 Å². The molecular weight excluding hydrogens is 515 g/mol. The fourth-order valence-corrected chi connectivity index (χ4v) is 6.25. The van der Waals surface area contributed by atoms with E-state index < -0.39 is 5.97 Å². The van der Waals surface area contributed by atoms with Crippen LogP contribution in [-0.2, 0) is 17.6 Å². The van der Waals surface area contributed by atoms with Gasteiger partial charge in [0.1, 0.15) is 17.3 Å². The summed E-state index contributed by atoms with van der Waals surface area (Å²) in [6.07, 6.45) is 10.8. The van der Waals surface area contributed by atoms with Crippen molar-refractivity contribution in [2.75, 3.05) is 18.0 Å². The van der Waals surface area contributed by atoms with Crippen molar-refractivity contribution in [2.45, 2.75) is 57.8 Å². The quantitative estimate of drug-likeness (QED) is 0.306. The topological polar surface area (TPSA) is 66.6 Å². The molecule has 2 fully saturated rings. The molecule has 3 aromatic rings. The molecule has 3 aliphatic rings. The van der Waals surface area contributed by atoms with Crippen molar-refractivity contribution in [3.63, 3.8) is 0 Å². The number of allylic oxidation sites excluding steroid dienone is 2. The maximum Gasteiger partial charge on any atom is 0.335 e. The standard InChI is InChI=1S/C32H32ClFN2O3/c1-19-16-22-18-23(10-11-24(22)26(17-19)32(37)38)36-14-12-20(13-15-36)4-2-5-25-30(35-39-31(25)21-8-9-21)29-27(33)6-3-7-28(29)34/h3-4,6-7,10-11,17-19,21H,2,5,8-9,12-16H2,1H3,(H,37,38). The van der Waals surface area contributed by atoms with E-state index in [9.17, 15) is 14.3 Å². The van der Waals surface area contributed by atoms with E-state index in [2.05, 4.69) is 35.2 Å². The molecule has 1 aliphatic heterocycles. The Labute approximate surface area is 233 Å². The molecule has 0 spiro atoms. The number of hydrogen-bond donors (Lipinski definition) is 1. The first-order valence-electron chi connectivity index (χ1n) is 13.8. The Balaban J connectivity index is 1.13. The Morgan fingerprint density at radius 3 is 2.74 bits per heavy atom. The molecule has 0 radical (unpaired) electrons. The van der Waals surface area contributed by atoms with Gasteiger partial charge in [0.25, 0.3) is 0 Å². The second kappa shape index (κ2) is 10.6. The number of nitrogens with zero attached hydrogens (tertiary/aromatic N) is 2. The third-order valence-corrected chi connectivity index (χ3v) is 8.48. The molecule has 1 saturated heterocycles. The van der Waals surface area contributed by atoms with Gasteiger partial charge in [0.15, 0.2) is 0 Å². The van der Waals surface area contributed by atoms with Crippen LogP contribution in [0.15, 0.2) is 58.6 Å². The Morgan fingerprint density at radius 1 is 1.23 bits per heavy atom. The molecule has 1 atom stereocenters. The summed E-state index contributed by atoms with van der Waals surface area (Å²) in [5.41, 5.74) is 6.83. The van der Waals surface area contributed by atoms with Gasteiger partial charge in [0, 0.05) is 30.3 Å². The predicted octanol–water partition coefficient (Wildman–Crippen LogP) is 7.83. The lowest BCUT2D eigenvalue weighted by molar-refractivity contribution is -0.130. The number of carbonyl (C=O) groups is 1. The number of aliphatic carboxylic acids is 1. The van der Waals surface area contributed by atoms with Crippen LogP contribution in [0.5, 0.6) is 0 Å². The van der Waals surface area contributed by atoms with Crippen LogP contribution >= 0.6 is 11.6 Å². The number of piperidine rings is 1. The van der Waals surface area contributed by atoms with Crippen molar-refractivity contribution < 1.29 is 18.8 Å². The molecule has 39 heavy (non-hydrogen) atoms. The molecule has 5 nitrogen and oxygen atoms in total. The SMILES string of the molecule is CC1C=C(C(=O)O)c2ccc(N3CCC(=CCCc4c(-c5c(F)cccc5Cl)noc4C4CC4)CC3)cc2C1. The minimum absolute atomic E-state index is 0.218. The smallest absolute Gasteiger partial charge is 0.335 e. The zero-order valence-electron chi connectivity index (χ0n) is 22.1. The lowest BCUT2D eigenvalue weighted by Crippen LogP contribution is -2.30. The molecule has 0 amide bonds. The lowest BCUT2D eigenvalue weighted by Gasteiger charge is -2.32. The van der Waals surface area contributed by atoms with Gasteiger partial charge in [-0.2, -0.15) is 0 Å². The average molecular weight is 547 g/mol. The van der Waals surface area contributed by atoms with E-state index in [0.29, 0.717) is 27.8 Å². The number of carboxylic acids is 1. The minimum atomic E-state index is -0.858. The number of anilines is 1. The van der Waals surface area contributed by atoms with E-state index in [1.54, 1.807) is 12.1 Å². The Kier molecular flexibility index (Phi) is 7.06. The highest BCUT2D eigenvalue weighted by molar-refractivity contribution is 6.33. The summed E-state index contributed by atoms with van der Waals surface area (Å²) in [6, 6.07) is 10.9. The maximum absolute atomic E-state index is 14.7. The van der Waals surface area contributed by atoms with Crippen LogP contribution in [0.4, 0.5) is 10.1 Å². The predicted molar refractivity (Wildman–Crippen MR) is 152 cm³/mol. The molecule has 1 unspecified atom stereocenters. The van der Waals surface area contributed by atoms with Crippen LogP contribution in [0.2, 0.25) is 5.02 Å². The minimum Gasteiger partial charge on any atom is -0.478 e. The van der Waals surface area contributed by atoms with Gasteiger partial charge in [-0.25, -0.2) is 9.18 Å². The van der Waals surface area contributed by atoms with Gasteiger partial charge >= 0.3 is 5.97 Å². The summed E-state index contributed by atoms with van der Waals surface area (Å²) >= 11 is 6.36. The monoisotopic (exact) mass is 546 g/mol. The Morgan fingerprint density at radius 2 is 2.03 bits per heavy atom. The number of benzene rings is 2. The van der Waals surface area contributed by atoms with E-state index in [0.717, 1.165) is 86.2 Å². The first kappa shape index (κ1) is 25.9. The number of halogens is 2. The van der Waals surface area contributed by atoms with Crippen molar-refractivity contribution in [3.05, 3.63) is 87.4 Å². The fraction of sp³-hybridized carbons (Fsp3) is 0.375. The molecule has 7 heteroatoms. The van der Waals surface area contributed by atoms with Crippen LogP contribution in [-0.4, -0.2) is 29.3 Å². The summed E-state index contributed by atoms with van der Waals surface area (Å²) in [6.45, 7) is 3.93. The van der Waals surface area contributed by atoms with Crippen molar-refractivity contribution in [3.8, 4) is 11.3 Å². The molecular formula is C32H32ClFN2O3. The van der Waals surface area contributed by atoms with Crippen LogP contribution < -0.4 is 4.90 Å². The summed E-state index contributed by atoms with van der Waals surface area (Å²) in [7, 11) is 0. The zero-order chi connectivity index (χ0) is 27.1. The highest BCUT2D eigenvalue weighted by Crippen LogP contribution is 2.45. The molecule has 2 heterocycles. The van der Waals surface area contributed by atoms with Crippen molar-refractivity contribution >= 4 is 28.8 Å². The van der Waals surface area contributed by atoms with Gasteiger partial charge in [-0.1, -0.05) is 53.5 Å². The van der Waals surface area contributed by atoms with Gasteiger partial charge in [-0.3, -0.25) is 0 Å². The van der Waals surface area contributed by atoms with Crippen molar-refractivity contribution in [1.82, 2.24) is 5.16 Å². The summed E-state index contributed by atoms with van der Waals surface area (Å²) in [5, 5.41) is 14.2. The molecule has 0 bridgehead atoms. The third-order valence-electron chi connectivity index (χ3n) is 8.17. The molecule has 6 rings (SSSR count). The number of fused-ring (bicyclic) bond motifs is 1. The first-order chi connectivity index (χ1) is 18.9. The molecule has 2 aromatic carbocycles. The van der Waals surface area contributed by atoms with Crippen LogP contribution in [0, 0.1) is 11.7 Å². The average Bonchev–Trinajstić information content (AvgIpc) is 3.69. The summed E-state index contributed by atoms with van der Waals surface area (Å²) in [4.78, 5) is 14.1. The summed E-state index contributed by atoms with van der Waals surface area (Å²) < 4.78 is 20.4. The van der Waals surface area contributed by atoms with Crippen molar-refractivity contribution in [1.29, 1.82) is 0 Å². The number of hydrogen-bond acceptors (Lipinski definition) is 4. The van der Waals surface area contributed by atoms with E-state index in [1.807, 2.05) is 12.1 Å². The van der Waals surface area contributed by atoms with Gasteiger partial charge in [0.2, 0.25) is 0 Å². The van der Waals surface area contributed by atoms with Gasteiger partial charge < -0.3 is 14.5 Å². The van der Waals surface area contributed by atoms with E-state index in [4.69, 9.17) is 16.1 Å². The second-order valence-corrected chi connectivity index (χ2v) is 11.4. The maximum atomic E-state index is 14.7. The molecule has 1 saturated carbocycles. The fourth-order valence-electron chi connectivity index (χ4n) is 6.00. The van der Waals surface area contributed by atoms with Gasteiger partial charge in [-0.05, 0) is 86.3 Å². The second-order valence-electron chi connectivity index (χ2n) is 11.0. The largest absolute Gasteiger partial charge is 0.478 e. The lowest BCUT2D eigenvalue weighted by atomic mass is 9.85.